The van der Waals surface area contributed by atoms with Gasteiger partial charge in [0.05, 0.1) is 7.11 Å². The molecule has 138 valence electrons. The average Bonchev–Trinajstić information content (AvgIpc) is 2.66. The van der Waals surface area contributed by atoms with E-state index in [2.05, 4.69) is 11.9 Å². The van der Waals surface area contributed by atoms with E-state index < -0.39 is 12.2 Å². The van der Waals surface area contributed by atoms with Gasteiger partial charge in [-0.2, -0.15) is 0 Å². The fraction of sp³-hybridized carbons (Fsp3) is 0.250. The highest BCUT2D eigenvalue weighted by molar-refractivity contribution is 7.98. The minimum absolute atomic E-state index is 0.0112. The van der Waals surface area contributed by atoms with Gasteiger partial charge in [0.25, 0.3) is 0 Å². The molecular weight excluding hydrogens is 350 g/mol. The fourth-order valence-corrected chi connectivity index (χ4v) is 2.83. The number of thioether (sulfide) groups is 1. The first kappa shape index (κ1) is 19.7. The summed E-state index contributed by atoms with van der Waals surface area (Å²) in [7, 11) is 1.48. The molecule has 2 N–H and O–H groups in total. The maximum absolute atomic E-state index is 12.3. The Balaban J connectivity index is 2.15. The molecule has 1 amide bonds. The van der Waals surface area contributed by atoms with Crippen LogP contribution in [0.5, 0.6) is 11.5 Å². The average molecular weight is 373 g/mol. The minimum atomic E-state index is -0.588. The summed E-state index contributed by atoms with van der Waals surface area (Å²) in [6.07, 6.45) is 2.53. The molecule has 0 fully saturated rings. The van der Waals surface area contributed by atoms with Crippen LogP contribution in [0.2, 0.25) is 0 Å². The second kappa shape index (κ2) is 9.20. The zero-order valence-electron chi connectivity index (χ0n) is 15.1. The first-order chi connectivity index (χ1) is 12.5. The van der Waals surface area contributed by atoms with Crippen molar-refractivity contribution >= 4 is 23.5 Å². The van der Waals surface area contributed by atoms with Crippen LogP contribution in [0.1, 0.15) is 18.6 Å². The van der Waals surface area contributed by atoms with E-state index in [0.717, 1.165) is 4.90 Å². The lowest BCUT2D eigenvalue weighted by atomic mass is 9.97. The van der Waals surface area contributed by atoms with Crippen LogP contribution in [-0.2, 0) is 4.74 Å². The molecule has 0 aliphatic rings. The lowest BCUT2D eigenvalue weighted by Gasteiger charge is -2.23. The highest BCUT2D eigenvalue weighted by Gasteiger charge is 2.23. The first-order valence-electron chi connectivity index (χ1n) is 8.09. The number of benzene rings is 2. The number of phenols is 1. The molecule has 0 spiro atoms. The molecule has 0 aromatic heterocycles. The number of methoxy groups -OCH3 is 1. The topological polar surface area (TPSA) is 67.8 Å². The van der Waals surface area contributed by atoms with E-state index in [1.165, 1.54) is 13.2 Å². The third-order valence-corrected chi connectivity index (χ3v) is 4.69. The van der Waals surface area contributed by atoms with Crippen LogP contribution in [0.15, 0.2) is 60.0 Å². The third-order valence-electron chi connectivity index (χ3n) is 3.95. The van der Waals surface area contributed by atoms with Crippen LogP contribution in [-0.4, -0.2) is 24.6 Å². The Morgan fingerprint density at radius 2 is 1.96 bits per heavy atom. The summed E-state index contributed by atoms with van der Waals surface area (Å²) in [4.78, 5) is 13.4. The molecule has 0 aliphatic heterocycles. The van der Waals surface area contributed by atoms with Crippen LogP contribution in [0, 0.1) is 5.92 Å². The standard InChI is InChI=1S/C20H23NO4S/c1-5-13(2)19(14-6-11-18(24-3)17(22)12-14)25-20(23)21-15-7-9-16(26-4)10-8-15/h5-13,19,22H,1H2,2-4H3,(H,21,23)/t13-,19-/m1/s1. The molecule has 2 aromatic carbocycles. The number of amides is 1. The van der Waals surface area contributed by atoms with Crippen molar-refractivity contribution in [2.75, 3.05) is 18.7 Å². The van der Waals surface area contributed by atoms with Gasteiger partial charge in [-0.1, -0.05) is 19.1 Å². The van der Waals surface area contributed by atoms with Gasteiger partial charge < -0.3 is 14.6 Å². The Morgan fingerprint density at radius 3 is 2.50 bits per heavy atom. The summed E-state index contributed by atoms with van der Waals surface area (Å²) >= 11 is 1.63. The van der Waals surface area contributed by atoms with Gasteiger partial charge >= 0.3 is 6.09 Å². The number of aromatic hydroxyl groups is 1. The normalized spacial score (nSPS) is 12.7. The van der Waals surface area contributed by atoms with Crippen molar-refractivity contribution in [1.82, 2.24) is 0 Å². The van der Waals surface area contributed by atoms with Crippen LogP contribution in [0.4, 0.5) is 10.5 Å². The fourth-order valence-electron chi connectivity index (χ4n) is 2.42. The van der Waals surface area contributed by atoms with Crippen LogP contribution in [0.3, 0.4) is 0 Å². The van der Waals surface area contributed by atoms with E-state index in [9.17, 15) is 9.90 Å². The molecule has 5 nitrogen and oxygen atoms in total. The molecule has 0 unspecified atom stereocenters. The summed E-state index contributed by atoms with van der Waals surface area (Å²) in [5.74, 6) is 0.201. The number of carbonyl (C=O) groups excluding carboxylic acids is 1. The molecule has 2 atom stereocenters. The van der Waals surface area contributed by atoms with Gasteiger partial charge in [-0.25, -0.2) is 4.79 Å². The Hall–Kier alpha value is -2.60. The van der Waals surface area contributed by atoms with Crippen molar-refractivity contribution in [3.8, 4) is 11.5 Å². The molecule has 6 heteroatoms. The Bertz CT molecular complexity index is 761. The largest absolute Gasteiger partial charge is 0.504 e. The molecular formula is C20H23NO4S. The number of phenolic OH excluding ortho intramolecular Hbond substituents is 1. The quantitative estimate of drug-likeness (QED) is 0.513. The van der Waals surface area contributed by atoms with E-state index in [1.54, 1.807) is 30.0 Å². The van der Waals surface area contributed by atoms with E-state index in [4.69, 9.17) is 9.47 Å². The molecule has 0 heterocycles. The van der Waals surface area contributed by atoms with Gasteiger partial charge in [0.2, 0.25) is 0 Å². The number of hydrogen-bond acceptors (Lipinski definition) is 5. The van der Waals surface area contributed by atoms with Gasteiger partial charge in [0.1, 0.15) is 6.10 Å². The number of rotatable bonds is 7. The van der Waals surface area contributed by atoms with Crippen molar-refractivity contribution in [3.63, 3.8) is 0 Å². The molecule has 0 bridgehead atoms. The number of ether oxygens (including phenoxy) is 2. The van der Waals surface area contributed by atoms with Gasteiger partial charge in [-0.05, 0) is 48.2 Å². The second-order valence-electron chi connectivity index (χ2n) is 5.71. The number of anilines is 1. The Labute approximate surface area is 158 Å². The number of hydrogen-bond donors (Lipinski definition) is 2. The van der Waals surface area contributed by atoms with Crippen LogP contribution >= 0.6 is 11.8 Å². The Kier molecular flexibility index (Phi) is 6.97. The number of nitrogens with one attached hydrogen (secondary N) is 1. The lowest BCUT2D eigenvalue weighted by molar-refractivity contribution is 0.0895. The zero-order valence-corrected chi connectivity index (χ0v) is 15.9. The Morgan fingerprint density at radius 1 is 1.27 bits per heavy atom. The molecule has 0 saturated carbocycles. The van der Waals surface area contributed by atoms with Crippen molar-refractivity contribution in [3.05, 3.63) is 60.7 Å². The SMILES string of the molecule is C=C[C@@H](C)[C@@H](OC(=O)Nc1ccc(SC)cc1)c1ccc(OC)c(O)c1. The first-order valence-corrected chi connectivity index (χ1v) is 9.32. The van der Waals surface area contributed by atoms with E-state index >= 15 is 0 Å². The molecule has 2 aromatic rings. The van der Waals surface area contributed by atoms with Crippen molar-refractivity contribution in [1.29, 1.82) is 0 Å². The smallest absolute Gasteiger partial charge is 0.412 e. The van der Waals surface area contributed by atoms with Crippen molar-refractivity contribution < 1.29 is 19.4 Å². The van der Waals surface area contributed by atoms with Gasteiger partial charge in [-0.15, -0.1) is 18.3 Å². The summed E-state index contributed by atoms with van der Waals surface area (Å²) in [6.45, 7) is 5.66. The van der Waals surface area contributed by atoms with Crippen LogP contribution < -0.4 is 10.1 Å². The lowest BCUT2D eigenvalue weighted by Crippen LogP contribution is -2.21. The van der Waals surface area contributed by atoms with Gasteiger partial charge in [0, 0.05) is 16.5 Å². The summed E-state index contributed by atoms with van der Waals surface area (Å²) < 4.78 is 10.7. The summed E-state index contributed by atoms with van der Waals surface area (Å²) in [6, 6.07) is 12.4. The van der Waals surface area contributed by atoms with E-state index in [-0.39, 0.29) is 11.7 Å². The molecule has 26 heavy (non-hydrogen) atoms. The molecule has 2 rings (SSSR count). The van der Waals surface area contributed by atoms with Gasteiger partial charge in [0.15, 0.2) is 11.5 Å². The van der Waals surface area contributed by atoms with Crippen LogP contribution in [0.25, 0.3) is 0 Å². The van der Waals surface area contributed by atoms with E-state index in [1.807, 2.05) is 37.4 Å². The highest BCUT2D eigenvalue weighted by Crippen LogP contribution is 2.34. The highest BCUT2D eigenvalue weighted by atomic mass is 32.2. The predicted molar refractivity (Wildman–Crippen MR) is 105 cm³/mol. The summed E-state index contributed by atoms with van der Waals surface area (Å²) in [5.41, 5.74) is 1.30. The maximum atomic E-state index is 12.3. The number of carbonyl (C=O) groups is 1. The monoisotopic (exact) mass is 373 g/mol. The molecule has 0 aliphatic carbocycles. The minimum Gasteiger partial charge on any atom is -0.504 e. The zero-order chi connectivity index (χ0) is 19.1. The van der Waals surface area contributed by atoms with Gasteiger partial charge in [-0.3, -0.25) is 5.32 Å². The van der Waals surface area contributed by atoms with E-state index in [0.29, 0.717) is 17.0 Å². The van der Waals surface area contributed by atoms with Crippen molar-refractivity contribution in [2.45, 2.75) is 17.9 Å². The molecule has 0 radical (unpaired) electrons. The second-order valence-corrected chi connectivity index (χ2v) is 6.59. The summed E-state index contributed by atoms with van der Waals surface area (Å²) in [5, 5.41) is 12.7. The molecule has 0 saturated heterocycles. The predicted octanol–water partition coefficient (Wildman–Crippen LogP) is 5.23. The maximum Gasteiger partial charge on any atom is 0.412 e. The third kappa shape index (κ3) is 4.95. The van der Waals surface area contributed by atoms with Crippen molar-refractivity contribution in [2.24, 2.45) is 5.92 Å².